The maximum absolute atomic E-state index is 13.1. The molecule has 1 N–H and O–H groups in total. The average molecular weight is 510 g/mol. The Balaban J connectivity index is 2.25. The van der Waals surface area contributed by atoms with Gasteiger partial charge in [0.1, 0.15) is 6.04 Å². The zero-order valence-corrected chi connectivity index (χ0v) is 20.5. The molecule has 0 unspecified atom stereocenters. The standard InChI is InChI=1S/C22H28BrN3O4S/c1-5-24-22(28)17(3)26(14-18-8-10-19(23)11-9-18)21(27)15-25(4)31(29,30)20-12-6-16(2)7-13-20/h6-13,17H,5,14-15H2,1-4H3,(H,24,28)/t17-/m0/s1. The molecule has 0 aliphatic heterocycles. The normalized spacial score (nSPS) is 12.5. The average Bonchev–Trinajstić information content (AvgIpc) is 2.73. The summed E-state index contributed by atoms with van der Waals surface area (Å²) < 4.78 is 27.7. The molecule has 0 bridgehead atoms. The van der Waals surface area contributed by atoms with E-state index in [1.165, 1.54) is 24.1 Å². The van der Waals surface area contributed by atoms with Crippen LogP contribution in [0.4, 0.5) is 0 Å². The molecular formula is C22H28BrN3O4S. The molecule has 9 heteroatoms. The van der Waals surface area contributed by atoms with Gasteiger partial charge in [-0.15, -0.1) is 0 Å². The summed E-state index contributed by atoms with van der Waals surface area (Å²) in [7, 11) is -2.48. The van der Waals surface area contributed by atoms with Crippen LogP contribution in [0.2, 0.25) is 0 Å². The lowest BCUT2D eigenvalue weighted by atomic mass is 10.1. The van der Waals surface area contributed by atoms with Gasteiger partial charge in [0.05, 0.1) is 11.4 Å². The third-order valence-electron chi connectivity index (χ3n) is 4.87. The maximum atomic E-state index is 13.1. The Hall–Kier alpha value is -2.23. The molecular weight excluding hydrogens is 482 g/mol. The summed E-state index contributed by atoms with van der Waals surface area (Å²) in [6, 6.07) is 13.1. The zero-order valence-electron chi connectivity index (χ0n) is 18.1. The van der Waals surface area contributed by atoms with Crippen molar-refractivity contribution in [2.75, 3.05) is 20.1 Å². The zero-order chi connectivity index (χ0) is 23.2. The molecule has 0 aliphatic carbocycles. The second-order valence-electron chi connectivity index (χ2n) is 7.29. The van der Waals surface area contributed by atoms with E-state index in [1.807, 2.05) is 31.2 Å². The summed E-state index contributed by atoms with van der Waals surface area (Å²) in [6.07, 6.45) is 0. The minimum absolute atomic E-state index is 0.115. The minimum Gasteiger partial charge on any atom is -0.355 e. The molecule has 2 rings (SSSR count). The second-order valence-corrected chi connectivity index (χ2v) is 10.3. The van der Waals surface area contributed by atoms with Gasteiger partial charge in [-0.2, -0.15) is 4.31 Å². The molecule has 0 aliphatic rings. The van der Waals surface area contributed by atoms with Crippen LogP contribution in [0.3, 0.4) is 0 Å². The molecule has 2 aromatic rings. The van der Waals surface area contributed by atoms with Crippen molar-refractivity contribution in [2.45, 2.75) is 38.3 Å². The van der Waals surface area contributed by atoms with Crippen molar-refractivity contribution >= 4 is 37.8 Å². The third-order valence-corrected chi connectivity index (χ3v) is 7.22. The fraction of sp³-hybridized carbons (Fsp3) is 0.364. The monoisotopic (exact) mass is 509 g/mol. The first kappa shape index (κ1) is 25.0. The lowest BCUT2D eigenvalue weighted by Crippen LogP contribution is -2.50. The van der Waals surface area contributed by atoms with E-state index >= 15 is 0 Å². The number of benzene rings is 2. The van der Waals surface area contributed by atoms with Gasteiger partial charge >= 0.3 is 0 Å². The van der Waals surface area contributed by atoms with Gasteiger partial charge in [0, 0.05) is 24.6 Å². The fourth-order valence-corrected chi connectivity index (χ4v) is 4.33. The smallest absolute Gasteiger partial charge is 0.243 e. The largest absolute Gasteiger partial charge is 0.355 e. The third kappa shape index (κ3) is 6.62. The Labute approximate surface area is 192 Å². The van der Waals surface area contributed by atoms with Crippen molar-refractivity contribution < 1.29 is 18.0 Å². The predicted molar refractivity (Wildman–Crippen MR) is 124 cm³/mol. The highest BCUT2D eigenvalue weighted by molar-refractivity contribution is 9.10. The van der Waals surface area contributed by atoms with Crippen LogP contribution in [-0.2, 0) is 26.2 Å². The molecule has 0 fully saturated rings. The maximum Gasteiger partial charge on any atom is 0.243 e. The first-order chi connectivity index (χ1) is 14.6. The molecule has 31 heavy (non-hydrogen) atoms. The van der Waals surface area contributed by atoms with Gasteiger partial charge in [-0.1, -0.05) is 45.8 Å². The lowest BCUT2D eigenvalue weighted by molar-refractivity contribution is -0.140. The number of rotatable bonds is 9. The number of halogens is 1. The van der Waals surface area contributed by atoms with Gasteiger partial charge in [-0.3, -0.25) is 9.59 Å². The minimum atomic E-state index is -3.84. The number of carbonyl (C=O) groups excluding carboxylic acids is 2. The van der Waals surface area contributed by atoms with Gasteiger partial charge < -0.3 is 10.2 Å². The topological polar surface area (TPSA) is 86.8 Å². The molecule has 0 saturated carbocycles. The molecule has 7 nitrogen and oxygen atoms in total. The molecule has 0 spiro atoms. The van der Waals surface area contributed by atoms with Gasteiger partial charge in [0.15, 0.2) is 0 Å². The van der Waals surface area contributed by atoms with Crippen LogP contribution < -0.4 is 5.32 Å². The van der Waals surface area contributed by atoms with Crippen LogP contribution in [-0.4, -0.2) is 55.6 Å². The summed E-state index contributed by atoms with van der Waals surface area (Å²) >= 11 is 3.38. The van der Waals surface area contributed by atoms with E-state index in [0.29, 0.717) is 6.54 Å². The summed E-state index contributed by atoms with van der Waals surface area (Å²) in [5.74, 6) is -0.753. The highest BCUT2D eigenvalue weighted by atomic mass is 79.9. The SMILES string of the molecule is CCNC(=O)[C@H](C)N(Cc1ccc(Br)cc1)C(=O)CN(C)S(=O)(=O)c1ccc(C)cc1. The molecule has 0 saturated heterocycles. The number of likely N-dealkylation sites (N-methyl/N-ethyl adjacent to an activating group) is 2. The second kappa shape index (κ2) is 10.9. The first-order valence-corrected chi connectivity index (χ1v) is 12.1. The van der Waals surface area contributed by atoms with Gasteiger partial charge in [0.25, 0.3) is 0 Å². The van der Waals surface area contributed by atoms with Crippen LogP contribution in [0.1, 0.15) is 25.0 Å². The summed E-state index contributed by atoms with van der Waals surface area (Å²) in [6.45, 7) is 5.54. The van der Waals surface area contributed by atoms with E-state index in [4.69, 9.17) is 0 Å². The highest BCUT2D eigenvalue weighted by Gasteiger charge is 2.30. The van der Waals surface area contributed by atoms with E-state index in [0.717, 1.165) is 19.9 Å². The molecule has 2 aromatic carbocycles. The summed E-state index contributed by atoms with van der Waals surface area (Å²) in [5, 5.41) is 2.72. The summed E-state index contributed by atoms with van der Waals surface area (Å²) in [5.41, 5.74) is 1.77. The molecule has 2 amide bonds. The van der Waals surface area contributed by atoms with E-state index in [1.54, 1.807) is 26.0 Å². The van der Waals surface area contributed by atoms with E-state index in [2.05, 4.69) is 21.2 Å². The first-order valence-electron chi connectivity index (χ1n) is 9.91. The Bertz CT molecular complexity index is 1010. The Kier molecular flexibility index (Phi) is 8.79. The Morgan fingerprint density at radius 3 is 2.19 bits per heavy atom. The number of nitrogens with one attached hydrogen (secondary N) is 1. The number of nitrogens with zero attached hydrogens (tertiary/aromatic N) is 2. The van der Waals surface area contributed by atoms with Gasteiger partial charge in [-0.05, 0) is 50.6 Å². The number of amides is 2. The molecule has 168 valence electrons. The molecule has 0 heterocycles. The lowest BCUT2D eigenvalue weighted by Gasteiger charge is -2.30. The van der Waals surface area contributed by atoms with Crippen LogP contribution in [0, 0.1) is 6.92 Å². The van der Waals surface area contributed by atoms with Crippen LogP contribution in [0.5, 0.6) is 0 Å². The van der Waals surface area contributed by atoms with Crippen molar-refractivity contribution in [3.05, 3.63) is 64.1 Å². The van der Waals surface area contributed by atoms with Crippen LogP contribution in [0.15, 0.2) is 57.9 Å². The molecule has 1 atom stereocenters. The number of carbonyl (C=O) groups is 2. The predicted octanol–water partition coefficient (Wildman–Crippen LogP) is 2.93. The van der Waals surface area contributed by atoms with Crippen LogP contribution >= 0.6 is 15.9 Å². The number of aryl methyl sites for hydroxylation is 1. The molecule has 0 aromatic heterocycles. The van der Waals surface area contributed by atoms with E-state index in [9.17, 15) is 18.0 Å². The van der Waals surface area contributed by atoms with Gasteiger partial charge in [0.2, 0.25) is 21.8 Å². The van der Waals surface area contributed by atoms with Crippen molar-refractivity contribution in [2.24, 2.45) is 0 Å². The number of hydrogen-bond donors (Lipinski definition) is 1. The fourth-order valence-electron chi connectivity index (χ4n) is 2.95. The Morgan fingerprint density at radius 2 is 1.65 bits per heavy atom. The quantitative estimate of drug-likeness (QED) is 0.562. The van der Waals surface area contributed by atoms with E-state index < -0.39 is 22.0 Å². The number of sulfonamides is 1. The summed E-state index contributed by atoms with van der Waals surface area (Å²) in [4.78, 5) is 27.1. The van der Waals surface area contributed by atoms with Crippen molar-refractivity contribution in [3.63, 3.8) is 0 Å². The van der Waals surface area contributed by atoms with E-state index in [-0.39, 0.29) is 23.9 Å². The number of hydrogen-bond acceptors (Lipinski definition) is 4. The van der Waals surface area contributed by atoms with Gasteiger partial charge in [-0.25, -0.2) is 8.42 Å². The van der Waals surface area contributed by atoms with Crippen LogP contribution in [0.25, 0.3) is 0 Å². The van der Waals surface area contributed by atoms with Crippen molar-refractivity contribution in [1.82, 2.24) is 14.5 Å². The highest BCUT2D eigenvalue weighted by Crippen LogP contribution is 2.17. The Morgan fingerprint density at radius 1 is 1.06 bits per heavy atom. The van der Waals surface area contributed by atoms with Crippen molar-refractivity contribution in [3.8, 4) is 0 Å². The molecule has 0 radical (unpaired) electrons. The van der Waals surface area contributed by atoms with Crippen molar-refractivity contribution in [1.29, 1.82) is 0 Å².